The zero-order valence-electron chi connectivity index (χ0n) is 13.4. The van der Waals surface area contributed by atoms with E-state index < -0.39 is 10.9 Å². The highest BCUT2D eigenvalue weighted by Crippen LogP contribution is 2.36. The van der Waals surface area contributed by atoms with Crippen LogP contribution in [0.25, 0.3) is 11.6 Å². The Morgan fingerprint density at radius 3 is 2.16 bits per heavy atom. The van der Waals surface area contributed by atoms with Gasteiger partial charge in [0, 0.05) is 0 Å². The SMILES string of the molecule is COc1cc(/C=C(\C(=O)O)c2ccc(O)cc2)c([N+](=O)[O-])cc1OC. The van der Waals surface area contributed by atoms with Crippen LogP contribution in [0.15, 0.2) is 36.4 Å². The van der Waals surface area contributed by atoms with E-state index in [0.29, 0.717) is 0 Å². The fourth-order valence-electron chi connectivity index (χ4n) is 2.22. The number of benzene rings is 2. The van der Waals surface area contributed by atoms with Gasteiger partial charge in [0.1, 0.15) is 5.75 Å². The number of ether oxygens (including phenoxy) is 2. The minimum Gasteiger partial charge on any atom is -0.508 e. The summed E-state index contributed by atoms with van der Waals surface area (Å²) in [5.74, 6) is -0.900. The number of carboxylic acid groups (broad SMARTS) is 1. The Morgan fingerprint density at radius 1 is 1.12 bits per heavy atom. The molecular formula is C17H15NO7. The van der Waals surface area contributed by atoms with Gasteiger partial charge in [-0.15, -0.1) is 0 Å². The standard InChI is InChI=1S/C17H15NO7/c1-24-15-8-11(14(18(22)23)9-16(15)25-2)7-13(17(20)21)10-3-5-12(19)6-4-10/h3-9,19H,1-2H3,(H,20,21)/b13-7-. The second-order valence-corrected chi connectivity index (χ2v) is 4.93. The number of methoxy groups -OCH3 is 2. The van der Waals surface area contributed by atoms with Crippen LogP contribution < -0.4 is 9.47 Å². The Balaban J connectivity index is 2.68. The van der Waals surface area contributed by atoms with Crippen molar-refractivity contribution in [3.8, 4) is 17.2 Å². The molecule has 25 heavy (non-hydrogen) atoms. The number of hydrogen-bond acceptors (Lipinski definition) is 6. The molecule has 2 N–H and O–H groups in total. The van der Waals surface area contributed by atoms with Crippen LogP contribution in [-0.2, 0) is 4.79 Å². The van der Waals surface area contributed by atoms with Crippen LogP contribution in [0.4, 0.5) is 5.69 Å². The first-order valence-electron chi connectivity index (χ1n) is 7.02. The molecule has 0 spiro atoms. The summed E-state index contributed by atoms with van der Waals surface area (Å²) < 4.78 is 10.2. The maximum atomic E-state index is 11.6. The van der Waals surface area contributed by atoms with Gasteiger partial charge < -0.3 is 19.7 Å². The van der Waals surface area contributed by atoms with Gasteiger partial charge in [-0.1, -0.05) is 12.1 Å². The molecule has 0 saturated heterocycles. The van der Waals surface area contributed by atoms with Crippen LogP contribution in [0, 0.1) is 10.1 Å². The number of nitrogens with zero attached hydrogens (tertiary/aromatic N) is 1. The fourth-order valence-corrected chi connectivity index (χ4v) is 2.22. The Bertz CT molecular complexity index is 841. The zero-order chi connectivity index (χ0) is 18.6. The van der Waals surface area contributed by atoms with E-state index in [-0.39, 0.29) is 39.6 Å². The summed E-state index contributed by atoms with van der Waals surface area (Å²) in [4.78, 5) is 22.3. The Kier molecular flexibility index (Phi) is 5.23. The van der Waals surface area contributed by atoms with Crippen molar-refractivity contribution < 1.29 is 29.4 Å². The average Bonchev–Trinajstić information content (AvgIpc) is 2.59. The summed E-state index contributed by atoms with van der Waals surface area (Å²) in [5, 5.41) is 30.1. The van der Waals surface area contributed by atoms with E-state index in [2.05, 4.69) is 0 Å². The van der Waals surface area contributed by atoms with Gasteiger partial charge in [-0.25, -0.2) is 4.79 Å². The molecule has 0 unspecified atom stereocenters. The van der Waals surface area contributed by atoms with Gasteiger partial charge in [0.2, 0.25) is 0 Å². The van der Waals surface area contributed by atoms with Crippen LogP contribution in [0.5, 0.6) is 17.2 Å². The van der Waals surface area contributed by atoms with E-state index >= 15 is 0 Å². The molecule has 0 atom stereocenters. The number of phenolic OH excluding ortho intramolecular Hbond substituents is 1. The number of carbonyl (C=O) groups is 1. The van der Waals surface area contributed by atoms with Gasteiger partial charge in [-0.05, 0) is 29.8 Å². The van der Waals surface area contributed by atoms with Crippen molar-refractivity contribution in [1.82, 2.24) is 0 Å². The summed E-state index contributed by atoms with van der Waals surface area (Å²) in [6.07, 6.45) is 1.18. The highest BCUT2D eigenvalue weighted by atomic mass is 16.6. The number of aromatic hydroxyl groups is 1. The summed E-state index contributed by atoms with van der Waals surface area (Å²) in [6, 6.07) is 7.97. The molecule has 0 fully saturated rings. The first kappa shape index (κ1) is 17.8. The maximum Gasteiger partial charge on any atom is 0.336 e. The van der Waals surface area contributed by atoms with Gasteiger partial charge in [0.25, 0.3) is 5.69 Å². The zero-order valence-corrected chi connectivity index (χ0v) is 13.4. The summed E-state index contributed by atoms with van der Waals surface area (Å²) in [7, 11) is 2.71. The molecule has 0 aliphatic heterocycles. The Labute approximate surface area is 142 Å². The van der Waals surface area contributed by atoms with Gasteiger partial charge >= 0.3 is 5.97 Å². The molecule has 0 heterocycles. The molecule has 8 heteroatoms. The van der Waals surface area contributed by atoms with Gasteiger partial charge in [0.05, 0.1) is 36.3 Å². The molecule has 0 radical (unpaired) electrons. The van der Waals surface area contributed by atoms with E-state index in [9.17, 15) is 25.1 Å². The lowest BCUT2D eigenvalue weighted by atomic mass is 10.0. The van der Waals surface area contributed by atoms with Gasteiger partial charge in [0.15, 0.2) is 11.5 Å². The number of phenols is 1. The summed E-state index contributed by atoms with van der Waals surface area (Å²) in [5.41, 5.74) is -0.159. The predicted molar refractivity (Wildman–Crippen MR) is 89.8 cm³/mol. The van der Waals surface area contributed by atoms with Crippen molar-refractivity contribution in [3.05, 3.63) is 57.6 Å². The molecule has 0 aliphatic carbocycles. The van der Waals surface area contributed by atoms with Crippen molar-refractivity contribution in [1.29, 1.82) is 0 Å². The fraction of sp³-hybridized carbons (Fsp3) is 0.118. The molecule has 2 rings (SSSR count). The normalized spacial score (nSPS) is 11.0. The van der Waals surface area contributed by atoms with Crippen molar-refractivity contribution in [2.24, 2.45) is 0 Å². The van der Waals surface area contributed by atoms with E-state index in [4.69, 9.17) is 9.47 Å². The van der Waals surface area contributed by atoms with Gasteiger partial charge in [-0.2, -0.15) is 0 Å². The van der Waals surface area contributed by atoms with Crippen LogP contribution in [0.1, 0.15) is 11.1 Å². The van der Waals surface area contributed by atoms with E-state index in [1.165, 1.54) is 56.7 Å². The lowest BCUT2D eigenvalue weighted by Gasteiger charge is -2.10. The lowest BCUT2D eigenvalue weighted by Crippen LogP contribution is -2.01. The van der Waals surface area contributed by atoms with Crippen molar-refractivity contribution in [2.45, 2.75) is 0 Å². The quantitative estimate of drug-likeness (QED) is 0.357. The summed E-state index contributed by atoms with van der Waals surface area (Å²) >= 11 is 0. The third-order valence-corrected chi connectivity index (χ3v) is 3.44. The second-order valence-electron chi connectivity index (χ2n) is 4.93. The molecule has 0 amide bonds. The Hall–Kier alpha value is -3.55. The minimum atomic E-state index is -1.27. The number of hydrogen-bond donors (Lipinski definition) is 2. The molecule has 130 valence electrons. The van der Waals surface area contributed by atoms with Crippen LogP contribution in [0.2, 0.25) is 0 Å². The first-order valence-corrected chi connectivity index (χ1v) is 7.02. The number of nitro benzene ring substituents is 1. The van der Waals surface area contributed by atoms with E-state index in [1.54, 1.807) is 0 Å². The summed E-state index contributed by atoms with van der Waals surface area (Å²) in [6.45, 7) is 0. The molecule has 0 bridgehead atoms. The maximum absolute atomic E-state index is 11.6. The monoisotopic (exact) mass is 345 g/mol. The second kappa shape index (κ2) is 7.35. The number of rotatable bonds is 6. The van der Waals surface area contributed by atoms with Crippen LogP contribution in [0.3, 0.4) is 0 Å². The van der Waals surface area contributed by atoms with Crippen LogP contribution in [-0.4, -0.2) is 35.3 Å². The predicted octanol–water partition coefficient (Wildman–Crippen LogP) is 2.94. The largest absolute Gasteiger partial charge is 0.508 e. The third-order valence-electron chi connectivity index (χ3n) is 3.44. The molecule has 2 aromatic carbocycles. The molecule has 0 saturated carbocycles. The molecular weight excluding hydrogens is 330 g/mol. The molecule has 0 aromatic heterocycles. The van der Waals surface area contributed by atoms with Crippen molar-refractivity contribution in [2.75, 3.05) is 14.2 Å². The smallest absolute Gasteiger partial charge is 0.336 e. The minimum absolute atomic E-state index is 0.0226. The topological polar surface area (TPSA) is 119 Å². The van der Waals surface area contributed by atoms with E-state index in [1.807, 2.05) is 0 Å². The number of carboxylic acids is 1. The highest BCUT2D eigenvalue weighted by molar-refractivity contribution is 6.21. The van der Waals surface area contributed by atoms with Gasteiger partial charge in [-0.3, -0.25) is 10.1 Å². The lowest BCUT2D eigenvalue weighted by molar-refractivity contribution is -0.385. The van der Waals surface area contributed by atoms with Crippen molar-refractivity contribution >= 4 is 23.3 Å². The number of nitro groups is 1. The van der Waals surface area contributed by atoms with E-state index in [0.717, 1.165) is 0 Å². The Morgan fingerprint density at radius 2 is 1.68 bits per heavy atom. The average molecular weight is 345 g/mol. The number of aliphatic carboxylic acids is 1. The molecule has 8 nitrogen and oxygen atoms in total. The van der Waals surface area contributed by atoms with Crippen molar-refractivity contribution in [3.63, 3.8) is 0 Å². The highest BCUT2D eigenvalue weighted by Gasteiger charge is 2.20. The third kappa shape index (κ3) is 3.86. The first-order chi connectivity index (χ1) is 11.9. The van der Waals surface area contributed by atoms with Crippen LogP contribution >= 0.6 is 0 Å². The molecule has 2 aromatic rings. The molecule has 0 aliphatic rings.